The van der Waals surface area contributed by atoms with Gasteiger partial charge in [0.1, 0.15) is 5.82 Å². The molecule has 2 aliphatic rings. The highest BCUT2D eigenvalue weighted by Crippen LogP contribution is 2.26. The Hall–Kier alpha value is -1.13. The molecule has 2 aliphatic heterocycles. The van der Waals surface area contributed by atoms with Crippen LogP contribution < -0.4 is 10.6 Å². The number of piperidine rings is 1. The van der Waals surface area contributed by atoms with E-state index in [1.54, 1.807) is 19.1 Å². The highest BCUT2D eigenvalue weighted by molar-refractivity contribution is 5.94. The Kier molecular flexibility index (Phi) is 4.66. The van der Waals surface area contributed by atoms with E-state index in [1.807, 2.05) is 0 Å². The van der Waals surface area contributed by atoms with Crippen LogP contribution in [-0.4, -0.2) is 24.0 Å². The van der Waals surface area contributed by atoms with E-state index in [9.17, 15) is 9.18 Å². The largest absolute Gasteiger partial charge is 0.349 e. The summed E-state index contributed by atoms with van der Waals surface area (Å²) >= 11 is 0. The molecule has 2 heterocycles. The van der Waals surface area contributed by atoms with Crippen molar-refractivity contribution in [1.82, 2.24) is 10.6 Å². The first-order valence-electron chi connectivity index (χ1n) is 6.95. The molecule has 1 amide bonds. The van der Waals surface area contributed by atoms with Crippen LogP contribution in [0.2, 0.25) is 0 Å². The van der Waals surface area contributed by atoms with Gasteiger partial charge >= 0.3 is 0 Å². The second kappa shape index (κ2) is 6.10. The van der Waals surface area contributed by atoms with Crippen LogP contribution in [0, 0.1) is 12.7 Å². The fraction of sp³-hybridized carbons (Fsp3) is 0.533. The van der Waals surface area contributed by atoms with Gasteiger partial charge in [-0.1, -0.05) is 6.07 Å². The second-order valence-electron chi connectivity index (χ2n) is 5.74. The maximum absolute atomic E-state index is 13.5. The van der Waals surface area contributed by atoms with Crippen LogP contribution in [0.1, 0.15) is 41.6 Å². The number of hydrogen-bond donors (Lipinski definition) is 2. The van der Waals surface area contributed by atoms with Gasteiger partial charge in [-0.2, -0.15) is 0 Å². The number of carbonyl (C=O) groups excluding carboxylic acids is 1. The molecule has 0 radical (unpaired) electrons. The summed E-state index contributed by atoms with van der Waals surface area (Å²) in [7, 11) is 0. The molecule has 0 spiro atoms. The molecule has 2 unspecified atom stereocenters. The fourth-order valence-corrected chi connectivity index (χ4v) is 3.18. The molecule has 3 rings (SSSR count). The molecule has 2 atom stereocenters. The van der Waals surface area contributed by atoms with E-state index in [1.165, 1.54) is 18.9 Å². The van der Waals surface area contributed by atoms with Crippen molar-refractivity contribution in [2.75, 3.05) is 0 Å². The van der Waals surface area contributed by atoms with Crippen molar-refractivity contribution in [2.24, 2.45) is 0 Å². The predicted molar refractivity (Wildman–Crippen MR) is 78.8 cm³/mol. The molecule has 110 valence electrons. The van der Waals surface area contributed by atoms with E-state index in [0.717, 1.165) is 12.8 Å². The molecule has 2 fully saturated rings. The van der Waals surface area contributed by atoms with Gasteiger partial charge in [0.05, 0.1) is 0 Å². The first kappa shape index (κ1) is 15.3. The number of fused-ring (bicyclic) bond motifs is 2. The molecule has 20 heavy (non-hydrogen) atoms. The van der Waals surface area contributed by atoms with Crippen molar-refractivity contribution in [3.63, 3.8) is 0 Å². The zero-order valence-electron chi connectivity index (χ0n) is 11.5. The Labute approximate surface area is 124 Å². The van der Waals surface area contributed by atoms with Crippen LogP contribution in [0.4, 0.5) is 4.39 Å². The Bertz CT molecular complexity index is 497. The topological polar surface area (TPSA) is 41.1 Å². The Morgan fingerprint density at radius 1 is 1.30 bits per heavy atom. The number of nitrogens with one attached hydrogen (secondary N) is 2. The zero-order valence-corrected chi connectivity index (χ0v) is 12.3. The number of rotatable bonds is 2. The molecule has 1 aromatic carbocycles. The van der Waals surface area contributed by atoms with Crippen LogP contribution in [0.15, 0.2) is 18.2 Å². The summed E-state index contributed by atoms with van der Waals surface area (Å²) in [6.07, 6.45) is 4.37. The summed E-state index contributed by atoms with van der Waals surface area (Å²) in [5, 5.41) is 6.58. The van der Waals surface area contributed by atoms with E-state index in [-0.39, 0.29) is 30.2 Å². The Balaban J connectivity index is 0.00000147. The average molecular weight is 299 g/mol. The first-order valence-corrected chi connectivity index (χ1v) is 6.95. The minimum absolute atomic E-state index is 0. The molecule has 2 bridgehead atoms. The zero-order chi connectivity index (χ0) is 13.4. The lowest BCUT2D eigenvalue weighted by molar-refractivity contribution is 0.0923. The van der Waals surface area contributed by atoms with Crippen molar-refractivity contribution >= 4 is 18.3 Å². The molecule has 0 saturated carbocycles. The van der Waals surface area contributed by atoms with Gasteiger partial charge in [-0.15, -0.1) is 12.4 Å². The summed E-state index contributed by atoms with van der Waals surface area (Å²) in [5.74, 6) is -0.483. The van der Waals surface area contributed by atoms with Gasteiger partial charge in [-0.3, -0.25) is 4.79 Å². The van der Waals surface area contributed by atoms with E-state index < -0.39 is 0 Å². The van der Waals surface area contributed by atoms with E-state index in [4.69, 9.17) is 0 Å². The maximum Gasteiger partial charge on any atom is 0.251 e. The smallest absolute Gasteiger partial charge is 0.251 e. The lowest BCUT2D eigenvalue weighted by Gasteiger charge is -2.29. The fourth-order valence-electron chi connectivity index (χ4n) is 3.18. The normalized spacial score (nSPS) is 27.8. The van der Waals surface area contributed by atoms with Crippen LogP contribution >= 0.6 is 12.4 Å². The maximum atomic E-state index is 13.5. The third-order valence-electron chi connectivity index (χ3n) is 4.24. The molecule has 2 N–H and O–H groups in total. The van der Waals surface area contributed by atoms with Crippen molar-refractivity contribution in [1.29, 1.82) is 0 Å². The third-order valence-corrected chi connectivity index (χ3v) is 4.24. The highest BCUT2D eigenvalue weighted by atomic mass is 35.5. The third kappa shape index (κ3) is 3.13. The number of halogens is 2. The first-order chi connectivity index (χ1) is 9.11. The molecule has 1 aromatic rings. The molecule has 5 heteroatoms. The summed E-state index contributed by atoms with van der Waals surface area (Å²) in [4.78, 5) is 12.1. The quantitative estimate of drug-likeness (QED) is 0.881. The number of aryl methyl sites for hydroxylation is 1. The highest BCUT2D eigenvalue weighted by Gasteiger charge is 2.34. The van der Waals surface area contributed by atoms with Gasteiger partial charge in [0, 0.05) is 23.7 Å². The second-order valence-corrected chi connectivity index (χ2v) is 5.74. The molecule has 2 saturated heterocycles. The Morgan fingerprint density at radius 2 is 1.95 bits per heavy atom. The molecule has 3 nitrogen and oxygen atoms in total. The van der Waals surface area contributed by atoms with Gasteiger partial charge in [-0.25, -0.2) is 4.39 Å². The molecular formula is C15H20ClFN2O. The van der Waals surface area contributed by atoms with Crippen LogP contribution in [0.25, 0.3) is 0 Å². The van der Waals surface area contributed by atoms with Gasteiger partial charge in [0.2, 0.25) is 0 Å². The summed E-state index contributed by atoms with van der Waals surface area (Å²) in [6.45, 7) is 1.70. The van der Waals surface area contributed by atoms with Crippen LogP contribution in [-0.2, 0) is 0 Å². The van der Waals surface area contributed by atoms with Gasteiger partial charge in [0.25, 0.3) is 5.91 Å². The number of carbonyl (C=O) groups is 1. The minimum atomic E-state index is -0.321. The SMILES string of the molecule is Cc1ccc(C(=O)NC2CC3CCC(C2)N3)cc1F.Cl. The predicted octanol–water partition coefficient (Wildman–Crippen LogP) is 2.57. The van der Waals surface area contributed by atoms with Gasteiger partial charge < -0.3 is 10.6 Å². The summed E-state index contributed by atoms with van der Waals surface area (Å²) in [5.41, 5.74) is 0.977. The molecular weight excluding hydrogens is 279 g/mol. The van der Waals surface area contributed by atoms with E-state index >= 15 is 0 Å². The van der Waals surface area contributed by atoms with Gasteiger partial charge in [0.15, 0.2) is 0 Å². The number of hydrogen-bond acceptors (Lipinski definition) is 2. The number of amides is 1. The van der Waals surface area contributed by atoms with Crippen LogP contribution in [0.5, 0.6) is 0 Å². The number of benzene rings is 1. The van der Waals surface area contributed by atoms with Crippen molar-refractivity contribution in [2.45, 2.75) is 50.7 Å². The van der Waals surface area contributed by atoms with Crippen molar-refractivity contribution in [3.8, 4) is 0 Å². The summed E-state index contributed by atoms with van der Waals surface area (Å²) in [6, 6.07) is 5.95. The minimum Gasteiger partial charge on any atom is -0.349 e. The Morgan fingerprint density at radius 3 is 2.55 bits per heavy atom. The lowest BCUT2D eigenvalue weighted by atomic mass is 9.99. The van der Waals surface area contributed by atoms with Crippen LogP contribution in [0.3, 0.4) is 0 Å². The van der Waals surface area contributed by atoms with Crippen molar-refractivity contribution < 1.29 is 9.18 Å². The molecule has 0 aromatic heterocycles. The molecule has 0 aliphatic carbocycles. The lowest BCUT2D eigenvalue weighted by Crippen LogP contribution is -2.48. The van der Waals surface area contributed by atoms with Gasteiger partial charge in [-0.05, 0) is 50.3 Å². The standard InChI is InChI=1S/C15H19FN2O.ClH/c1-9-2-3-10(6-14(9)16)15(19)18-13-7-11-4-5-12(8-13)17-11;/h2-3,6,11-13,17H,4-5,7-8H2,1H3,(H,18,19);1H. The van der Waals surface area contributed by atoms with Crippen molar-refractivity contribution in [3.05, 3.63) is 35.1 Å². The average Bonchev–Trinajstić information content (AvgIpc) is 2.72. The van der Waals surface area contributed by atoms with E-state index in [0.29, 0.717) is 23.2 Å². The monoisotopic (exact) mass is 298 g/mol. The summed E-state index contributed by atoms with van der Waals surface area (Å²) < 4.78 is 13.5. The van der Waals surface area contributed by atoms with E-state index in [2.05, 4.69) is 10.6 Å².